The largest absolute Gasteiger partial charge is 0.302 e. The molecule has 1 N–H and O–H groups in total. The summed E-state index contributed by atoms with van der Waals surface area (Å²) in [5.74, 6) is 0.200. The van der Waals surface area contributed by atoms with Gasteiger partial charge in [-0.2, -0.15) is 0 Å². The van der Waals surface area contributed by atoms with Crippen LogP contribution in [0.3, 0.4) is 0 Å². The summed E-state index contributed by atoms with van der Waals surface area (Å²) in [5.41, 5.74) is 2.10. The Kier molecular flexibility index (Phi) is 3.97. The maximum atomic E-state index is 12.1. The van der Waals surface area contributed by atoms with Crippen LogP contribution < -0.4 is 5.32 Å². The van der Waals surface area contributed by atoms with Gasteiger partial charge in [0.2, 0.25) is 5.91 Å². The molecule has 0 aliphatic rings. The average molecular weight is 296 g/mol. The lowest BCUT2D eigenvalue weighted by Crippen LogP contribution is -2.14. The molecular weight excluding hydrogens is 280 g/mol. The Bertz CT molecular complexity index is 719. The van der Waals surface area contributed by atoms with E-state index >= 15 is 0 Å². The van der Waals surface area contributed by atoms with Gasteiger partial charge < -0.3 is 5.32 Å². The fraction of sp³-hybridized carbons (Fsp3) is 0.176. The average Bonchev–Trinajstić information content (AvgIpc) is 2.90. The van der Waals surface area contributed by atoms with Crippen molar-refractivity contribution in [2.24, 2.45) is 0 Å². The Hall–Kier alpha value is -2.20. The molecule has 2 aromatic carbocycles. The van der Waals surface area contributed by atoms with Crippen molar-refractivity contribution in [3.05, 3.63) is 60.2 Å². The molecule has 1 heterocycles. The van der Waals surface area contributed by atoms with Gasteiger partial charge in [0.25, 0.3) is 0 Å². The maximum absolute atomic E-state index is 12.1. The molecule has 106 valence electrons. The van der Waals surface area contributed by atoms with Crippen LogP contribution in [0.5, 0.6) is 0 Å². The van der Waals surface area contributed by atoms with Gasteiger partial charge in [-0.1, -0.05) is 60.7 Å². The van der Waals surface area contributed by atoms with Crippen molar-refractivity contribution < 1.29 is 4.79 Å². The van der Waals surface area contributed by atoms with Gasteiger partial charge in [0, 0.05) is 6.42 Å². The summed E-state index contributed by atoms with van der Waals surface area (Å²) in [6.07, 6.45) is 0.458. The van der Waals surface area contributed by atoms with E-state index in [0.717, 1.165) is 10.2 Å². The third-order valence-corrected chi connectivity index (χ3v) is 4.35. The van der Waals surface area contributed by atoms with E-state index in [2.05, 4.69) is 29.4 Å². The molecule has 1 aromatic heterocycles. The molecule has 21 heavy (non-hydrogen) atoms. The number of para-hydroxylation sites is 1. The van der Waals surface area contributed by atoms with Crippen molar-refractivity contribution in [3.63, 3.8) is 0 Å². The van der Waals surface area contributed by atoms with E-state index in [0.29, 0.717) is 11.6 Å². The molecule has 0 fully saturated rings. The lowest BCUT2D eigenvalue weighted by molar-refractivity contribution is -0.116. The van der Waals surface area contributed by atoms with E-state index in [-0.39, 0.29) is 11.8 Å². The highest BCUT2D eigenvalue weighted by Crippen LogP contribution is 2.26. The van der Waals surface area contributed by atoms with Crippen molar-refractivity contribution in [3.8, 4) is 0 Å². The number of nitrogens with zero attached hydrogens (tertiary/aromatic N) is 1. The highest BCUT2D eigenvalue weighted by molar-refractivity contribution is 7.22. The summed E-state index contributed by atoms with van der Waals surface area (Å²) in [7, 11) is 0. The van der Waals surface area contributed by atoms with Crippen LogP contribution in [0.4, 0.5) is 5.13 Å². The first-order chi connectivity index (χ1) is 10.2. The predicted molar refractivity (Wildman–Crippen MR) is 87.7 cm³/mol. The van der Waals surface area contributed by atoms with Crippen LogP contribution in [0.2, 0.25) is 0 Å². The quantitative estimate of drug-likeness (QED) is 0.774. The molecule has 1 unspecified atom stereocenters. The molecule has 0 aliphatic heterocycles. The van der Waals surface area contributed by atoms with Crippen LogP contribution in [0.25, 0.3) is 10.2 Å². The zero-order valence-corrected chi connectivity index (χ0v) is 12.6. The number of hydrogen-bond donors (Lipinski definition) is 1. The van der Waals surface area contributed by atoms with E-state index in [1.807, 2.05) is 42.5 Å². The third kappa shape index (κ3) is 3.28. The number of amides is 1. The smallest absolute Gasteiger partial charge is 0.226 e. The molecule has 3 aromatic rings. The fourth-order valence-corrected chi connectivity index (χ4v) is 3.16. The van der Waals surface area contributed by atoms with E-state index < -0.39 is 0 Å². The Morgan fingerprint density at radius 1 is 1.14 bits per heavy atom. The van der Waals surface area contributed by atoms with Crippen molar-refractivity contribution in [1.82, 2.24) is 4.98 Å². The van der Waals surface area contributed by atoms with Crippen molar-refractivity contribution >= 4 is 32.6 Å². The van der Waals surface area contributed by atoms with E-state index in [9.17, 15) is 4.79 Å². The second-order valence-corrected chi connectivity index (χ2v) is 6.08. The van der Waals surface area contributed by atoms with E-state index in [4.69, 9.17) is 0 Å². The number of carbonyl (C=O) groups is 1. The summed E-state index contributed by atoms with van der Waals surface area (Å²) in [4.78, 5) is 16.5. The number of aromatic nitrogens is 1. The first-order valence-electron chi connectivity index (χ1n) is 6.93. The molecule has 3 rings (SSSR count). The van der Waals surface area contributed by atoms with Crippen LogP contribution in [0.15, 0.2) is 54.6 Å². The molecule has 4 heteroatoms. The summed E-state index contributed by atoms with van der Waals surface area (Å²) in [6, 6.07) is 18.0. The molecule has 1 atom stereocenters. The van der Waals surface area contributed by atoms with Gasteiger partial charge in [0.1, 0.15) is 0 Å². The summed E-state index contributed by atoms with van der Waals surface area (Å²) in [6.45, 7) is 2.06. The number of anilines is 1. The third-order valence-electron chi connectivity index (χ3n) is 3.40. The Labute approximate surface area is 127 Å². The molecule has 0 spiro atoms. The second-order valence-electron chi connectivity index (χ2n) is 5.05. The molecule has 0 bridgehead atoms. The number of benzene rings is 2. The first-order valence-corrected chi connectivity index (χ1v) is 7.74. The van der Waals surface area contributed by atoms with Gasteiger partial charge in [0.15, 0.2) is 5.13 Å². The van der Waals surface area contributed by atoms with Crippen LogP contribution >= 0.6 is 11.3 Å². The van der Waals surface area contributed by atoms with Crippen LogP contribution in [0, 0.1) is 0 Å². The van der Waals surface area contributed by atoms with Gasteiger partial charge >= 0.3 is 0 Å². The molecule has 0 saturated carbocycles. The van der Waals surface area contributed by atoms with Gasteiger partial charge in [0.05, 0.1) is 10.2 Å². The summed E-state index contributed by atoms with van der Waals surface area (Å²) < 4.78 is 1.09. The highest BCUT2D eigenvalue weighted by atomic mass is 32.1. The fourth-order valence-electron chi connectivity index (χ4n) is 2.27. The lowest BCUT2D eigenvalue weighted by atomic mass is 9.98. The minimum Gasteiger partial charge on any atom is -0.302 e. The zero-order valence-electron chi connectivity index (χ0n) is 11.7. The minimum absolute atomic E-state index is 0.00501. The summed E-state index contributed by atoms with van der Waals surface area (Å²) >= 11 is 1.51. The second kappa shape index (κ2) is 6.06. The van der Waals surface area contributed by atoms with Crippen LogP contribution in [-0.2, 0) is 4.79 Å². The molecule has 0 aliphatic carbocycles. The first kappa shape index (κ1) is 13.8. The number of fused-ring (bicyclic) bond motifs is 1. The Morgan fingerprint density at radius 3 is 2.62 bits per heavy atom. The predicted octanol–water partition coefficient (Wildman–Crippen LogP) is 4.43. The number of thiazole rings is 1. The lowest BCUT2D eigenvalue weighted by Gasteiger charge is -2.10. The maximum Gasteiger partial charge on any atom is 0.226 e. The van der Waals surface area contributed by atoms with Gasteiger partial charge in [-0.25, -0.2) is 4.98 Å². The SMILES string of the molecule is CC(CC(=O)Nc1nc2ccccc2s1)c1ccccc1. The van der Waals surface area contributed by atoms with Gasteiger partial charge in [-0.3, -0.25) is 4.79 Å². The van der Waals surface area contributed by atoms with Gasteiger partial charge in [-0.15, -0.1) is 0 Å². The van der Waals surface area contributed by atoms with E-state index in [1.165, 1.54) is 16.9 Å². The number of carbonyl (C=O) groups excluding carboxylic acids is 1. The van der Waals surface area contributed by atoms with Crippen molar-refractivity contribution in [2.45, 2.75) is 19.3 Å². The molecule has 0 radical (unpaired) electrons. The molecule has 3 nitrogen and oxygen atoms in total. The number of nitrogens with one attached hydrogen (secondary N) is 1. The normalized spacial score (nSPS) is 12.2. The van der Waals surface area contributed by atoms with Crippen molar-refractivity contribution in [2.75, 3.05) is 5.32 Å². The van der Waals surface area contributed by atoms with Crippen LogP contribution in [-0.4, -0.2) is 10.9 Å². The van der Waals surface area contributed by atoms with E-state index in [1.54, 1.807) is 0 Å². The minimum atomic E-state index is 0.00501. The number of hydrogen-bond acceptors (Lipinski definition) is 3. The molecule has 0 saturated heterocycles. The van der Waals surface area contributed by atoms with Gasteiger partial charge in [-0.05, 0) is 23.6 Å². The number of rotatable bonds is 4. The van der Waals surface area contributed by atoms with Crippen molar-refractivity contribution in [1.29, 1.82) is 0 Å². The Morgan fingerprint density at radius 2 is 1.86 bits per heavy atom. The Balaban J connectivity index is 1.66. The topological polar surface area (TPSA) is 42.0 Å². The summed E-state index contributed by atoms with van der Waals surface area (Å²) in [5, 5.41) is 3.57. The molecular formula is C17H16N2OS. The zero-order chi connectivity index (χ0) is 14.7. The monoisotopic (exact) mass is 296 g/mol. The van der Waals surface area contributed by atoms with Crippen LogP contribution in [0.1, 0.15) is 24.8 Å². The molecule has 1 amide bonds. The highest BCUT2D eigenvalue weighted by Gasteiger charge is 2.13. The standard InChI is InChI=1S/C17H16N2OS/c1-12(13-7-3-2-4-8-13)11-16(20)19-17-18-14-9-5-6-10-15(14)21-17/h2-10,12H,11H2,1H3,(H,18,19,20).